The van der Waals surface area contributed by atoms with Crippen molar-refractivity contribution in [3.63, 3.8) is 0 Å². The zero-order valence-electron chi connectivity index (χ0n) is 8.34. The van der Waals surface area contributed by atoms with Crippen molar-refractivity contribution in [2.24, 2.45) is 5.73 Å². The second-order valence-corrected chi connectivity index (χ2v) is 6.19. The lowest BCUT2D eigenvalue weighted by Crippen LogP contribution is -2.41. The lowest BCUT2D eigenvalue weighted by molar-refractivity contribution is 0.578. The van der Waals surface area contributed by atoms with E-state index in [4.69, 9.17) is 5.73 Å². The summed E-state index contributed by atoms with van der Waals surface area (Å²) in [5.74, 6) is 0. The normalized spacial score (nSPS) is 13.4. The summed E-state index contributed by atoms with van der Waals surface area (Å²) in [5.41, 5.74) is 5.33. The van der Waals surface area contributed by atoms with Crippen molar-refractivity contribution >= 4 is 43.2 Å². The second-order valence-electron chi connectivity index (χ2n) is 3.08. The van der Waals surface area contributed by atoms with Gasteiger partial charge in [-0.1, -0.05) is 12.2 Å². The topological polar surface area (TPSA) is 85.1 Å². The largest absolute Gasteiger partial charge is 0.392 e. The monoisotopic (exact) mass is 323 g/mol. The molecule has 0 bridgehead atoms. The minimum absolute atomic E-state index is 0.0602. The zero-order chi connectivity index (χ0) is 12.3. The number of rotatable bonds is 4. The Morgan fingerprint density at radius 1 is 1.62 bits per heavy atom. The zero-order valence-corrected chi connectivity index (χ0v) is 11.6. The van der Waals surface area contributed by atoms with Crippen LogP contribution in [0.25, 0.3) is 0 Å². The van der Waals surface area contributed by atoms with Gasteiger partial charge in [-0.15, -0.1) is 0 Å². The molecule has 16 heavy (non-hydrogen) atoms. The van der Waals surface area contributed by atoms with Crippen LogP contribution in [-0.2, 0) is 10.0 Å². The number of nitrogens with zero attached hydrogens (tertiary/aromatic N) is 1. The summed E-state index contributed by atoms with van der Waals surface area (Å²) in [5, 5.41) is 0. The van der Waals surface area contributed by atoms with E-state index in [1.807, 2.05) is 0 Å². The summed E-state index contributed by atoms with van der Waals surface area (Å²) in [4.78, 5) is 3.92. The standard InChI is InChI=1S/C8H10BrN3O2S2/c1-5(8(10)15)12-16(13,14)7-2-6(9)3-11-4-7/h2-5,12H,1H3,(H2,10,15). The number of hydrogen-bond acceptors (Lipinski definition) is 4. The summed E-state index contributed by atoms with van der Waals surface area (Å²) in [6, 6.07) is 0.848. The number of pyridine rings is 1. The molecule has 0 aliphatic rings. The first-order valence-corrected chi connectivity index (χ1v) is 6.93. The molecule has 8 heteroatoms. The van der Waals surface area contributed by atoms with E-state index < -0.39 is 16.1 Å². The van der Waals surface area contributed by atoms with Crippen LogP contribution in [0.2, 0.25) is 0 Å². The van der Waals surface area contributed by atoms with Gasteiger partial charge in [-0.25, -0.2) is 13.1 Å². The average molecular weight is 324 g/mol. The van der Waals surface area contributed by atoms with Gasteiger partial charge in [0.1, 0.15) is 4.90 Å². The predicted octanol–water partition coefficient (Wildman–Crippen LogP) is 0.797. The van der Waals surface area contributed by atoms with Crippen LogP contribution in [0.4, 0.5) is 0 Å². The number of hydrogen-bond donors (Lipinski definition) is 2. The van der Waals surface area contributed by atoms with Crippen LogP contribution in [0.1, 0.15) is 6.92 Å². The highest BCUT2D eigenvalue weighted by molar-refractivity contribution is 9.10. The maximum Gasteiger partial charge on any atom is 0.242 e. The van der Waals surface area contributed by atoms with Gasteiger partial charge in [0.2, 0.25) is 10.0 Å². The number of thiocarbonyl (C=S) groups is 1. The van der Waals surface area contributed by atoms with E-state index in [1.165, 1.54) is 18.5 Å². The van der Waals surface area contributed by atoms with E-state index in [0.29, 0.717) is 4.47 Å². The van der Waals surface area contributed by atoms with Gasteiger partial charge in [0, 0.05) is 16.9 Å². The third-order valence-corrected chi connectivity index (χ3v) is 4.04. The van der Waals surface area contributed by atoms with Crippen molar-refractivity contribution in [2.45, 2.75) is 17.9 Å². The summed E-state index contributed by atoms with van der Waals surface area (Å²) >= 11 is 7.83. The van der Waals surface area contributed by atoms with E-state index in [1.54, 1.807) is 6.92 Å². The summed E-state index contributed by atoms with van der Waals surface area (Å²) in [6.07, 6.45) is 2.75. The Bertz CT molecular complexity index is 504. The molecule has 0 fully saturated rings. The molecule has 1 unspecified atom stereocenters. The van der Waals surface area contributed by atoms with Crippen molar-refractivity contribution in [3.8, 4) is 0 Å². The highest BCUT2D eigenvalue weighted by Crippen LogP contribution is 2.14. The third-order valence-electron chi connectivity index (χ3n) is 1.75. The summed E-state index contributed by atoms with van der Waals surface area (Å²) < 4.78 is 26.6. The molecule has 3 N–H and O–H groups in total. The van der Waals surface area contributed by atoms with E-state index in [9.17, 15) is 8.42 Å². The quantitative estimate of drug-likeness (QED) is 0.800. The van der Waals surface area contributed by atoms with Gasteiger partial charge in [-0.2, -0.15) is 0 Å². The molecule has 1 aromatic rings. The van der Waals surface area contributed by atoms with Crippen LogP contribution >= 0.6 is 28.1 Å². The molecule has 1 heterocycles. The molecule has 0 saturated heterocycles. The molecule has 1 rings (SSSR count). The summed E-state index contributed by atoms with van der Waals surface area (Å²) in [7, 11) is -3.64. The molecular weight excluding hydrogens is 314 g/mol. The van der Waals surface area contributed by atoms with Crippen molar-refractivity contribution < 1.29 is 8.42 Å². The van der Waals surface area contributed by atoms with Crippen LogP contribution in [0, 0.1) is 0 Å². The Balaban J connectivity index is 2.99. The Labute approximate surface area is 108 Å². The van der Waals surface area contributed by atoms with Crippen molar-refractivity contribution in [3.05, 3.63) is 22.9 Å². The minimum Gasteiger partial charge on any atom is -0.392 e. The van der Waals surface area contributed by atoms with Crippen molar-refractivity contribution in [1.82, 2.24) is 9.71 Å². The molecule has 0 aliphatic carbocycles. The minimum atomic E-state index is -3.64. The van der Waals surface area contributed by atoms with E-state index in [2.05, 4.69) is 37.9 Å². The fourth-order valence-corrected chi connectivity index (χ4v) is 2.76. The molecule has 5 nitrogen and oxygen atoms in total. The number of sulfonamides is 1. The SMILES string of the molecule is CC(NS(=O)(=O)c1cncc(Br)c1)C(N)=S. The van der Waals surface area contributed by atoms with Gasteiger partial charge in [-0.05, 0) is 28.9 Å². The van der Waals surface area contributed by atoms with Crippen LogP contribution in [-0.4, -0.2) is 24.4 Å². The lowest BCUT2D eigenvalue weighted by Gasteiger charge is -2.12. The highest BCUT2D eigenvalue weighted by atomic mass is 79.9. The first kappa shape index (κ1) is 13.5. The van der Waals surface area contributed by atoms with Crippen LogP contribution < -0.4 is 10.5 Å². The molecule has 1 atom stereocenters. The Morgan fingerprint density at radius 3 is 2.75 bits per heavy atom. The van der Waals surface area contributed by atoms with E-state index in [0.717, 1.165) is 0 Å². The van der Waals surface area contributed by atoms with Crippen LogP contribution in [0.5, 0.6) is 0 Å². The lowest BCUT2D eigenvalue weighted by atomic mass is 10.4. The fourth-order valence-electron chi connectivity index (χ4n) is 0.898. The molecule has 0 aromatic carbocycles. The maximum absolute atomic E-state index is 11.8. The molecule has 0 saturated carbocycles. The van der Waals surface area contributed by atoms with E-state index >= 15 is 0 Å². The highest BCUT2D eigenvalue weighted by Gasteiger charge is 2.19. The van der Waals surface area contributed by atoms with Gasteiger partial charge in [0.25, 0.3) is 0 Å². The van der Waals surface area contributed by atoms with Crippen LogP contribution in [0.3, 0.4) is 0 Å². The van der Waals surface area contributed by atoms with Gasteiger partial charge >= 0.3 is 0 Å². The van der Waals surface area contributed by atoms with Crippen LogP contribution in [0.15, 0.2) is 27.8 Å². The van der Waals surface area contributed by atoms with Gasteiger partial charge in [-0.3, -0.25) is 4.98 Å². The first-order chi connectivity index (χ1) is 7.33. The number of nitrogens with one attached hydrogen (secondary N) is 1. The molecular formula is C8H10BrN3O2S2. The van der Waals surface area contributed by atoms with E-state index in [-0.39, 0.29) is 9.88 Å². The smallest absolute Gasteiger partial charge is 0.242 e. The van der Waals surface area contributed by atoms with Gasteiger partial charge in [0.05, 0.1) is 11.0 Å². The molecule has 0 spiro atoms. The number of halogens is 1. The molecule has 0 radical (unpaired) electrons. The Morgan fingerprint density at radius 2 is 2.25 bits per heavy atom. The van der Waals surface area contributed by atoms with Crippen molar-refractivity contribution in [1.29, 1.82) is 0 Å². The van der Waals surface area contributed by atoms with Crippen molar-refractivity contribution in [2.75, 3.05) is 0 Å². The fraction of sp³-hybridized carbons (Fsp3) is 0.250. The molecule has 1 aromatic heterocycles. The first-order valence-electron chi connectivity index (χ1n) is 4.25. The molecule has 0 amide bonds. The number of aromatic nitrogens is 1. The number of nitrogens with two attached hydrogens (primary N) is 1. The second kappa shape index (κ2) is 5.17. The average Bonchev–Trinajstić information content (AvgIpc) is 2.17. The summed E-state index contributed by atoms with van der Waals surface area (Å²) in [6.45, 7) is 1.57. The third kappa shape index (κ3) is 3.48. The van der Waals surface area contributed by atoms with Gasteiger partial charge in [0.15, 0.2) is 0 Å². The maximum atomic E-state index is 11.8. The molecule has 0 aliphatic heterocycles. The predicted molar refractivity (Wildman–Crippen MR) is 68.5 cm³/mol. The van der Waals surface area contributed by atoms with Gasteiger partial charge < -0.3 is 5.73 Å². The molecule has 88 valence electrons. The Kier molecular flexibility index (Phi) is 4.36. The Hall–Kier alpha value is -0.570.